The molecule has 0 aromatic rings. The predicted octanol–water partition coefficient (Wildman–Crippen LogP) is 8.91. The van der Waals surface area contributed by atoms with Gasteiger partial charge < -0.3 is 4.74 Å². The highest BCUT2D eigenvalue weighted by atomic mass is 16.5. The van der Waals surface area contributed by atoms with Gasteiger partial charge >= 0.3 is 5.97 Å². The Morgan fingerprint density at radius 2 is 1.76 bits per heavy atom. The largest absolute Gasteiger partial charge is 0.462 e. The molecule has 0 bridgehead atoms. The van der Waals surface area contributed by atoms with Gasteiger partial charge in [-0.1, -0.05) is 64.8 Å². The molecule has 4 rings (SSSR count). The fourth-order valence-electron chi connectivity index (χ4n) is 9.89. The molecule has 0 N–H and O–H groups in total. The van der Waals surface area contributed by atoms with Crippen molar-refractivity contribution in [3.63, 3.8) is 0 Å². The van der Waals surface area contributed by atoms with Crippen molar-refractivity contribution in [1.29, 1.82) is 0 Å². The van der Waals surface area contributed by atoms with Crippen LogP contribution in [0.5, 0.6) is 0 Å². The highest BCUT2D eigenvalue weighted by Gasteiger charge is 2.65. The number of hydrogen-bond donors (Lipinski definition) is 0. The van der Waals surface area contributed by atoms with Crippen molar-refractivity contribution in [2.24, 2.45) is 45.3 Å². The molecule has 3 saturated carbocycles. The summed E-state index contributed by atoms with van der Waals surface area (Å²) in [6.45, 7) is 21.2. The SMILES string of the molecule is CC(=O)O[C@H]1CC[C@]2(C)[C@H]3CC[C@@]4(C)[C@@H]([C@@H](C)CCC=C(C)C)CC[C@]4(C)C3=CC[C@H]2C1(C)C. The monoisotopic (exact) mass is 468 g/mol. The molecule has 0 aromatic carbocycles. The van der Waals surface area contributed by atoms with Gasteiger partial charge in [0.05, 0.1) is 0 Å². The van der Waals surface area contributed by atoms with Crippen molar-refractivity contribution in [3.8, 4) is 0 Å². The number of fused-ring (bicyclic) bond motifs is 5. The summed E-state index contributed by atoms with van der Waals surface area (Å²) in [5.74, 6) is 2.79. The zero-order valence-electron chi connectivity index (χ0n) is 23.7. The molecule has 2 heteroatoms. The van der Waals surface area contributed by atoms with Crippen LogP contribution in [0.4, 0.5) is 0 Å². The van der Waals surface area contributed by atoms with Gasteiger partial charge in [0.1, 0.15) is 6.10 Å². The van der Waals surface area contributed by atoms with Crippen LogP contribution < -0.4 is 0 Å². The minimum absolute atomic E-state index is 0.0278. The molecular weight excluding hydrogens is 416 g/mol. The molecule has 0 radical (unpaired) electrons. The quantitative estimate of drug-likeness (QED) is 0.297. The second-order valence-electron chi connectivity index (χ2n) is 14.2. The van der Waals surface area contributed by atoms with E-state index in [1.165, 1.54) is 50.5 Å². The van der Waals surface area contributed by atoms with E-state index in [1.807, 2.05) is 5.57 Å². The summed E-state index contributed by atoms with van der Waals surface area (Å²) in [6.07, 6.45) is 16.6. The molecule has 4 aliphatic rings. The molecule has 0 unspecified atom stereocenters. The van der Waals surface area contributed by atoms with Crippen molar-refractivity contribution >= 4 is 5.97 Å². The van der Waals surface area contributed by atoms with E-state index in [0.717, 1.165) is 24.7 Å². The predicted molar refractivity (Wildman–Crippen MR) is 142 cm³/mol. The Hall–Kier alpha value is -1.05. The van der Waals surface area contributed by atoms with Crippen LogP contribution >= 0.6 is 0 Å². The lowest BCUT2D eigenvalue weighted by molar-refractivity contribution is -0.174. The van der Waals surface area contributed by atoms with Gasteiger partial charge in [-0.15, -0.1) is 0 Å². The zero-order valence-corrected chi connectivity index (χ0v) is 23.7. The number of carbonyl (C=O) groups is 1. The van der Waals surface area contributed by atoms with Gasteiger partial charge in [0.25, 0.3) is 0 Å². The van der Waals surface area contributed by atoms with E-state index in [0.29, 0.717) is 28.1 Å². The average molecular weight is 469 g/mol. The number of hydrogen-bond acceptors (Lipinski definition) is 2. The normalized spacial score (nSPS) is 43.6. The molecule has 2 nitrogen and oxygen atoms in total. The van der Waals surface area contributed by atoms with Crippen LogP contribution in [0, 0.1) is 45.3 Å². The maximum Gasteiger partial charge on any atom is 0.302 e. The minimum atomic E-state index is -0.120. The first kappa shape index (κ1) is 26.0. The topological polar surface area (TPSA) is 26.3 Å². The molecule has 34 heavy (non-hydrogen) atoms. The molecule has 4 aliphatic carbocycles. The third kappa shape index (κ3) is 3.85. The zero-order chi connectivity index (χ0) is 25.1. The maximum absolute atomic E-state index is 11.8. The summed E-state index contributed by atoms with van der Waals surface area (Å²) < 4.78 is 5.87. The first-order chi connectivity index (χ1) is 15.8. The van der Waals surface area contributed by atoms with Crippen molar-refractivity contribution in [2.75, 3.05) is 0 Å². The molecule has 192 valence electrons. The summed E-state index contributed by atoms with van der Waals surface area (Å²) in [7, 11) is 0. The Balaban J connectivity index is 1.61. The summed E-state index contributed by atoms with van der Waals surface area (Å²) in [4.78, 5) is 11.8. The van der Waals surface area contributed by atoms with E-state index in [9.17, 15) is 4.79 Å². The average Bonchev–Trinajstić information content (AvgIpc) is 3.01. The first-order valence-corrected chi connectivity index (χ1v) is 14.3. The summed E-state index contributed by atoms with van der Waals surface area (Å²) in [6, 6.07) is 0. The molecular formula is C32H52O2. The van der Waals surface area contributed by atoms with E-state index in [2.05, 4.69) is 67.5 Å². The highest BCUT2D eigenvalue weighted by molar-refractivity contribution is 5.66. The Morgan fingerprint density at radius 1 is 1.06 bits per heavy atom. The van der Waals surface area contributed by atoms with Crippen LogP contribution in [0.2, 0.25) is 0 Å². The third-order valence-electron chi connectivity index (χ3n) is 12.0. The first-order valence-electron chi connectivity index (χ1n) is 14.3. The molecule has 0 amide bonds. The van der Waals surface area contributed by atoms with Crippen LogP contribution in [0.1, 0.15) is 120 Å². The highest BCUT2D eigenvalue weighted by Crippen LogP contribution is 2.73. The number of carbonyl (C=O) groups excluding carboxylic acids is 1. The van der Waals surface area contributed by atoms with E-state index < -0.39 is 0 Å². The molecule has 0 heterocycles. The molecule has 0 saturated heterocycles. The van der Waals surface area contributed by atoms with Crippen molar-refractivity contribution in [3.05, 3.63) is 23.3 Å². The van der Waals surface area contributed by atoms with Gasteiger partial charge in [-0.25, -0.2) is 0 Å². The summed E-state index contributed by atoms with van der Waals surface area (Å²) >= 11 is 0. The van der Waals surface area contributed by atoms with Crippen LogP contribution in [-0.4, -0.2) is 12.1 Å². The summed E-state index contributed by atoms with van der Waals surface area (Å²) in [5.41, 5.74) is 4.39. The van der Waals surface area contributed by atoms with E-state index in [-0.39, 0.29) is 17.5 Å². The lowest BCUT2D eigenvalue weighted by Crippen LogP contribution is -2.58. The smallest absolute Gasteiger partial charge is 0.302 e. The van der Waals surface area contributed by atoms with Gasteiger partial charge in [0.2, 0.25) is 0 Å². The molecule has 8 atom stereocenters. The van der Waals surface area contributed by atoms with Crippen LogP contribution in [-0.2, 0) is 9.53 Å². The second kappa shape index (κ2) is 8.81. The minimum Gasteiger partial charge on any atom is -0.462 e. The van der Waals surface area contributed by atoms with Gasteiger partial charge in [-0.3, -0.25) is 4.79 Å². The fraction of sp³-hybridized carbons (Fsp3) is 0.844. The molecule has 0 aromatic heterocycles. The van der Waals surface area contributed by atoms with Gasteiger partial charge in [0, 0.05) is 12.3 Å². The van der Waals surface area contributed by atoms with Crippen LogP contribution in [0.15, 0.2) is 23.3 Å². The van der Waals surface area contributed by atoms with E-state index in [1.54, 1.807) is 6.92 Å². The van der Waals surface area contributed by atoms with Gasteiger partial charge in [-0.2, -0.15) is 0 Å². The van der Waals surface area contributed by atoms with Gasteiger partial charge in [0.15, 0.2) is 0 Å². The molecule has 3 fully saturated rings. The number of allylic oxidation sites excluding steroid dienone is 4. The third-order valence-corrected chi connectivity index (χ3v) is 12.0. The number of esters is 1. The van der Waals surface area contributed by atoms with Gasteiger partial charge in [-0.05, 0) is 112 Å². The Kier molecular flexibility index (Phi) is 6.74. The maximum atomic E-state index is 11.8. The van der Waals surface area contributed by atoms with E-state index in [4.69, 9.17) is 4.74 Å². The number of ether oxygens (including phenoxy) is 1. The Labute approximate surface area is 210 Å². The van der Waals surface area contributed by atoms with Crippen LogP contribution in [0.25, 0.3) is 0 Å². The Morgan fingerprint density at radius 3 is 2.41 bits per heavy atom. The summed E-state index contributed by atoms with van der Waals surface area (Å²) in [5, 5.41) is 0. The van der Waals surface area contributed by atoms with Crippen LogP contribution in [0.3, 0.4) is 0 Å². The molecule has 0 spiro atoms. The van der Waals surface area contributed by atoms with Crippen molar-refractivity contribution in [2.45, 2.75) is 126 Å². The lowest BCUT2D eigenvalue weighted by Gasteiger charge is -2.64. The molecule has 0 aliphatic heterocycles. The van der Waals surface area contributed by atoms with Crippen molar-refractivity contribution in [1.82, 2.24) is 0 Å². The van der Waals surface area contributed by atoms with E-state index >= 15 is 0 Å². The standard InChI is InChI=1S/C32H52O2/c1-21(2)11-10-12-22(3)24-15-19-32(9)26-13-14-27-29(5,6)28(34-23(4)33)17-18-30(27,7)25(26)16-20-31(24,32)8/h11,13,22,24-25,27-28H,10,12,14-20H2,1-9H3/t22-,24+,25-,27-,28-,30+,31-,32+/m0/s1. The van der Waals surface area contributed by atoms with Crippen molar-refractivity contribution < 1.29 is 9.53 Å². The lowest BCUT2D eigenvalue weighted by atomic mass is 9.41. The second-order valence-corrected chi connectivity index (χ2v) is 14.2. The fourth-order valence-corrected chi connectivity index (χ4v) is 9.89. The number of rotatable bonds is 5. The Bertz CT molecular complexity index is 860.